The van der Waals surface area contributed by atoms with Crippen molar-refractivity contribution < 1.29 is 12.8 Å². The van der Waals surface area contributed by atoms with Crippen LogP contribution in [-0.2, 0) is 10.0 Å². The molecule has 0 aromatic heterocycles. The van der Waals surface area contributed by atoms with E-state index < -0.39 is 15.8 Å². The highest BCUT2D eigenvalue weighted by atomic mass is 35.5. The summed E-state index contributed by atoms with van der Waals surface area (Å²) in [5.74, 6) is -0.691. The van der Waals surface area contributed by atoms with E-state index in [4.69, 9.17) is 23.2 Å². The molecule has 22 heavy (non-hydrogen) atoms. The molecule has 0 aliphatic carbocycles. The first-order chi connectivity index (χ1) is 10.2. The van der Waals surface area contributed by atoms with E-state index in [0.717, 1.165) is 12.1 Å². The van der Waals surface area contributed by atoms with Crippen LogP contribution in [0.4, 0.5) is 15.8 Å². The van der Waals surface area contributed by atoms with E-state index in [9.17, 15) is 12.8 Å². The van der Waals surface area contributed by atoms with Gasteiger partial charge < -0.3 is 4.90 Å². The number of sulfonamides is 1. The first kappa shape index (κ1) is 16.9. The summed E-state index contributed by atoms with van der Waals surface area (Å²) in [6.07, 6.45) is 0. The van der Waals surface area contributed by atoms with E-state index in [1.165, 1.54) is 6.07 Å². The van der Waals surface area contributed by atoms with Crippen LogP contribution in [0, 0.1) is 5.82 Å². The van der Waals surface area contributed by atoms with E-state index in [1.54, 1.807) is 37.2 Å². The molecule has 0 aliphatic heterocycles. The van der Waals surface area contributed by atoms with Crippen molar-refractivity contribution in [3.05, 3.63) is 52.3 Å². The number of hydrogen-bond donors (Lipinski definition) is 1. The summed E-state index contributed by atoms with van der Waals surface area (Å²) in [5, 5.41) is 0.317. The van der Waals surface area contributed by atoms with Crippen LogP contribution in [0.15, 0.2) is 41.3 Å². The maximum absolute atomic E-state index is 13.3. The molecular formula is C14H13Cl2FN2O2S. The van der Waals surface area contributed by atoms with Crippen LogP contribution in [0.2, 0.25) is 10.0 Å². The molecule has 0 fully saturated rings. The molecule has 0 atom stereocenters. The van der Waals surface area contributed by atoms with Crippen molar-refractivity contribution in [2.45, 2.75) is 4.90 Å². The van der Waals surface area contributed by atoms with Gasteiger partial charge >= 0.3 is 0 Å². The minimum atomic E-state index is -4.05. The monoisotopic (exact) mass is 362 g/mol. The summed E-state index contributed by atoms with van der Waals surface area (Å²) in [7, 11) is -0.586. The maximum Gasteiger partial charge on any atom is 0.263 e. The Morgan fingerprint density at radius 3 is 2.41 bits per heavy atom. The van der Waals surface area contributed by atoms with Gasteiger partial charge in [-0.1, -0.05) is 29.3 Å². The molecule has 2 rings (SSSR count). The summed E-state index contributed by atoms with van der Waals surface area (Å²) >= 11 is 12.0. The van der Waals surface area contributed by atoms with Crippen LogP contribution in [0.1, 0.15) is 0 Å². The Labute approximate surface area is 138 Å². The SMILES string of the molecule is CN(C)c1c(Cl)cccc1NS(=O)(=O)c1cc(F)ccc1Cl. The zero-order valence-electron chi connectivity index (χ0n) is 11.8. The van der Waals surface area contributed by atoms with Crippen molar-refractivity contribution in [2.24, 2.45) is 0 Å². The number of benzene rings is 2. The third-order valence-corrected chi connectivity index (χ3v) is 5.01. The van der Waals surface area contributed by atoms with Gasteiger partial charge in [0.05, 0.1) is 21.4 Å². The zero-order valence-corrected chi connectivity index (χ0v) is 14.1. The van der Waals surface area contributed by atoms with Crippen LogP contribution in [0.5, 0.6) is 0 Å². The number of hydrogen-bond acceptors (Lipinski definition) is 3. The normalized spacial score (nSPS) is 11.3. The van der Waals surface area contributed by atoms with Gasteiger partial charge in [-0.15, -0.1) is 0 Å². The summed E-state index contributed by atoms with van der Waals surface area (Å²) in [6, 6.07) is 7.96. The average molecular weight is 363 g/mol. The van der Waals surface area contributed by atoms with Crippen molar-refractivity contribution >= 4 is 44.6 Å². The maximum atomic E-state index is 13.3. The number of halogens is 3. The van der Waals surface area contributed by atoms with Crippen LogP contribution in [-0.4, -0.2) is 22.5 Å². The summed E-state index contributed by atoms with van der Waals surface area (Å²) < 4.78 is 40.6. The van der Waals surface area contributed by atoms with Crippen molar-refractivity contribution in [3.63, 3.8) is 0 Å². The van der Waals surface area contributed by atoms with Gasteiger partial charge in [0, 0.05) is 14.1 Å². The van der Waals surface area contributed by atoms with E-state index in [0.29, 0.717) is 10.7 Å². The minimum Gasteiger partial charge on any atom is -0.375 e. The van der Waals surface area contributed by atoms with Gasteiger partial charge in [-0.2, -0.15) is 0 Å². The van der Waals surface area contributed by atoms with E-state index in [1.807, 2.05) is 0 Å². The van der Waals surface area contributed by atoms with Gasteiger partial charge in [0.15, 0.2) is 0 Å². The van der Waals surface area contributed by atoms with Crippen LogP contribution in [0.25, 0.3) is 0 Å². The van der Waals surface area contributed by atoms with Crippen molar-refractivity contribution in [1.82, 2.24) is 0 Å². The lowest BCUT2D eigenvalue weighted by atomic mass is 10.2. The second kappa shape index (κ2) is 6.32. The number of para-hydroxylation sites is 1. The van der Waals surface area contributed by atoms with Crippen molar-refractivity contribution in [3.8, 4) is 0 Å². The minimum absolute atomic E-state index is 0.0673. The smallest absolute Gasteiger partial charge is 0.263 e. The third kappa shape index (κ3) is 3.45. The Balaban J connectivity index is 2.50. The third-order valence-electron chi connectivity index (χ3n) is 2.86. The Bertz CT molecular complexity index is 810. The first-order valence-electron chi connectivity index (χ1n) is 6.16. The molecule has 118 valence electrons. The quantitative estimate of drug-likeness (QED) is 0.893. The first-order valence-corrected chi connectivity index (χ1v) is 8.40. The number of nitrogens with one attached hydrogen (secondary N) is 1. The fraction of sp³-hybridized carbons (Fsp3) is 0.143. The lowest BCUT2D eigenvalue weighted by Crippen LogP contribution is -2.18. The number of anilines is 2. The highest BCUT2D eigenvalue weighted by molar-refractivity contribution is 7.92. The second-order valence-corrected chi connectivity index (χ2v) is 7.18. The Morgan fingerprint density at radius 1 is 1.09 bits per heavy atom. The Morgan fingerprint density at radius 2 is 1.77 bits per heavy atom. The van der Waals surface area contributed by atoms with Gasteiger partial charge in [0.1, 0.15) is 10.7 Å². The highest BCUT2D eigenvalue weighted by Crippen LogP contribution is 2.34. The van der Waals surface area contributed by atoms with Gasteiger partial charge in [0.2, 0.25) is 0 Å². The molecule has 2 aromatic rings. The largest absolute Gasteiger partial charge is 0.375 e. The van der Waals surface area contributed by atoms with Gasteiger partial charge in [-0.3, -0.25) is 4.72 Å². The molecule has 8 heteroatoms. The molecule has 0 amide bonds. The lowest BCUT2D eigenvalue weighted by Gasteiger charge is -2.20. The fourth-order valence-corrected chi connectivity index (χ4v) is 3.86. The summed E-state index contributed by atoms with van der Waals surface area (Å²) in [4.78, 5) is 1.34. The second-order valence-electron chi connectivity index (χ2n) is 4.71. The van der Waals surface area contributed by atoms with Crippen LogP contribution >= 0.6 is 23.2 Å². The van der Waals surface area contributed by atoms with Gasteiger partial charge in [-0.25, -0.2) is 12.8 Å². The lowest BCUT2D eigenvalue weighted by molar-refractivity contribution is 0.595. The molecule has 0 radical (unpaired) electrons. The molecule has 0 saturated carbocycles. The van der Waals surface area contributed by atoms with Crippen LogP contribution < -0.4 is 9.62 Å². The van der Waals surface area contributed by atoms with Crippen molar-refractivity contribution in [2.75, 3.05) is 23.7 Å². The van der Waals surface area contributed by atoms with Gasteiger partial charge in [-0.05, 0) is 30.3 Å². The molecule has 0 bridgehead atoms. The van der Waals surface area contributed by atoms with E-state index >= 15 is 0 Å². The molecule has 0 aliphatic rings. The molecule has 0 spiro atoms. The molecule has 0 saturated heterocycles. The predicted molar refractivity (Wildman–Crippen MR) is 88.0 cm³/mol. The summed E-state index contributed by atoms with van der Waals surface area (Å²) in [6.45, 7) is 0. The fourth-order valence-electron chi connectivity index (χ4n) is 1.94. The molecular weight excluding hydrogens is 350 g/mol. The summed E-state index contributed by atoms with van der Waals surface area (Å²) in [5.41, 5.74) is 0.776. The molecule has 0 unspecified atom stereocenters. The standard InChI is InChI=1S/C14H13Cl2FN2O2S/c1-19(2)14-11(16)4-3-5-12(14)18-22(20,21)13-8-9(17)6-7-10(13)15/h3-8,18H,1-2H3. The van der Waals surface area contributed by atoms with E-state index in [2.05, 4.69) is 4.72 Å². The molecule has 4 nitrogen and oxygen atoms in total. The topological polar surface area (TPSA) is 49.4 Å². The number of rotatable bonds is 4. The molecule has 2 aromatic carbocycles. The van der Waals surface area contributed by atoms with Gasteiger partial charge in [0.25, 0.3) is 10.0 Å². The zero-order chi connectivity index (χ0) is 16.5. The average Bonchev–Trinajstić information content (AvgIpc) is 2.40. The Hall–Kier alpha value is -1.50. The number of nitrogens with zero attached hydrogens (tertiary/aromatic N) is 1. The molecule has 1 N–H and O–H groups in total. The van der Waals surface area contributed by atoms with E-state index in [-0.39, 0.29) is 15.6 Å². The Kier molecular flexibility index (Phi) is 4.84. The van der Waals surface area contributed by atoms with Crippen LogP contribution in [0.3, 0.4) is 0 Å². The highest BCUT2D eigenvalue weighted by Gasteiger charge is 2.21. The molecule has 0 heterocycles. The predicted octanol–water partition coefficient (Wildman–Crippen LogP) is 4.00. The van der Waals surface area contributed by atoms with Crippen molar-refractivity contribution in [1.29, 1.82) is 0 Å².